The molecule has 0 aromatic heterocycles. The topological polar surface area (TPSA) is 27.7 Å². The van der Waals surface area contributed by atoms with Gasteiger partial charge in [-0.15, -0.1) is 0 Å². The molecule has 4 heteroatoms. The maximum absolute atomic E-state index is 6.66. The summed E-state index contributed by atoms with van der Waals surface area (Å²) < 4.78 is 19.4. The number of hydrogen-bond donors (Lipinski definition) is 0. The molecule has 1 aromatic carbocycles. The van der Waals surface area contributed by atoms with Crippen LogP contribution in [0.25, 0.3) is 0 Å². The molecule has 1 heterocycles. The van der Waals surface area contributed by atoms with Gasteiger partial charge in [-0.2, -0.15) is 0 Å². The molecule has 190 valence electrons. The fourth-order valence-corrected chi connectivity index (χ4v) is 5.66. The average Bonchev–Trinajstić information content (AvgIpc) is 2.70. The standard InChI is InChI=1S/C29H51O3P/c1-12-14-16-29(17-15-13-2)20-30-33(31-21-29)32-25-23(27(6,7)8)18-22(26(3,4)5)19-24(25)28(9,10)11/h18-19H,12-17,20-21H2,1-11H3. The van der Waals surface area contributed by atoms with Gasteiger partial charge in [0, 0.05) is 16.5 Å². The van der Waals surface area contributed by atoms with Crippen LogP contribution in [0.3, 0.4) is 0 Å². The Morgan fingerprint density at radius 2 is 1.18 bits per heavy atom. The van der Waals surface area contributed by atoms with E-state index in [0.29, 0.717) is 0 Å². The number of hydrogen-bond acceptors (Lipinski definition) is 3. The van der Waals surface area contributed by atoms with Gasteiger partial charge >= 0.3 is 8.60 Å². The smallest absolute Gasteiger partial charge is 0.397 e. The van der Waals surface area contributed by atoms with Gasteiger partial charge in [-0.25, -0.2) is 0 Å². The van der Waals surface area contributed by atoms with E-state index in [9.17, 15) is 0 Å². The summed E-state index contributed by atoms with van der Waals surface area (Å²) in [5, 5.41) is 0. The van der Waals surface area contributed by atoms with Crippen molar-refractivity contribution >= 4 is 8.60 Å². The van der Waals surface area contributed by atoms with E-state index in [0.717, 1.165) is 19.0 Å². The third kappa shape index (κ3) is 7.68. The van der Waals surface area contributed by atoms with Crippen molar-refractivity contribution < 1.29 is 13.6 Å². The molecule has 1 fully saturated rings. The highest BCUT2D eigenvalue weighted by Crippen LogP contribution is 2.53. The summed E-state index contributed by atoms with van der Waals surface area (Å²) in [6.45, 7) is 26.5. The molecular weight excluding hydrogens is 427 g/mol. The monoisotopic (exact) mass is 478 g/mol. The Morgan fingerprint density at radius 1 is 0.758 bits per heavy atom. The highest BCUT2D eigenvalue weighted by atomic mass is 31.2. The molecule has 2 rings (SSSR count). The Labute approximate surface area is 206 Å². The summed E-state index contributed by atoms with van der Waals surface area (Å²) in [6.07, 6.45) is 7.23. The lowest BCUT2D eigenvalue weighted by atomic mass is 9.75. The third-order valence-electron chi connectivity index (χ3n) is 6.81. The van der Waals surface area contributed by atoms with Gasteiger partial charge in [0.1, 0.15) is 5.75 Å². The number of rotatable bonds is 8. The fraction of sp³-hybridized carbons (Fsp3) is 0.793. The summed E-state index contributed by atoms with van der Waals surface area (Å²) in [6, 6.07) is 4.69. The van der Waals surface area contributed by atoms with Crippen molar-refractivity contribution in [3.63, 3.8) is 0 Å². The molecular formula is C29H51O3P. The minimum absolute atomic E-state index is 0.0479. The largest absolute Gasteiger partial charge is 0.426 e. The van der Waals surface area contributed by atoms with E-state index in [-0.39, 0.29) is 21.7 Å². The van der Waals surface area contributed by atoms with Crippen molar-refractivity contribution in [3.8, 4) is 5.75 Å². The van der Waals surface area contributed by atoms with Gasteiger partial charge in [0.2, 0.25) is 0 Å². The van der Waals surface area contributed by atoms with Crippen LogP contribution in [0.4, 0.5) is 0 Å². The highest BCUT2D eigenvalue weighted by Gasteiger charge is 2.39. The first kappa shape index (κ1) is 28.6. The second-order valence-corrected chi connectivity index (χ2v) is 14.4. The van der Waals surface area contributed by atoms with E-state index in [4.69, 9.17) is 13.6 Å². The molecule has 0 aliphatic carbocycles. The molecule has 0 N–H and O–H groups in total. The average molecular weight is 479 g/mol. The Morgan fingerprint density at radius 3 is 1.52 bits per heavy atom. The molecule has 3 nitrogen and oxygen atoms in total. The van der Waals surface area contributed by atoms with Crippen LogP contribution in [0.1, 0.15) is 131 Å². The van der Waals surface area contributed by atoms with Gasteiger partial charge in [0.15, 0.2) is 0 Å². The summed E-state index contributed by atoms with van der Waals surface area (Å²) in [5.74, 6) is 0.962. The van der Waals surface area contributed by atoms with Crippen molar-refractivity contribution in [3.05, 3.63) is 28.8 Å². The molecule has 1 aromatic rings. The lowest BCUT2D eigenvalue weighted by Crippen LogP contribution is -2.35. The molecule has 0 bridgehead atoms. The van der Waals surface area contributed by atoms with Crippen LogP contribution in [-0.4, -0.2) is 13.2 Å². The number of benzene rings is 1. The zero-order valence-electron chi connectivity index (χ0n) is 23.5. The van der Waals surface area contributed by atoms with Crippen LogP contribution in [0.2, 0.25) is 0 Å². The van der Waals surface area contributed by atoms with Crippen LogP contribution < -0.4 is 4.52 Å². The maximum atomic E-state index is 6.66. The lowest BCUT2D eigenvalue weighted by Gasteiger charge is -2.40. The van der Waals surface area contributed by atoms with E-state index in [1.54, 1.807) is 0 Å². The highest BCUT2D eigenvalue weighted by molar-refractivity contribution is 7.42. The van der Waals surface area contributed by atoms with Crippen molar-refractivity contribution in [1.82, 2.24) is 0 Å². The van der Waals surface area contributed by atoms with Crippen LogP contribution in [0.15, 0.2) is 12.1 Å². The predicted molar refractivity (Wildman–Crippen MR) is 143 cm³/mol. The molecule has 0 amide bonds. The molecule has 0 unspecified atom stereocenters. The summed E-state index contributed by atoms with van der Waals surface area (Å²) in [5.41, 5.74) is 3.94. The fourth-order valence-electron chi connectivity index (χ4n) is 4.38. The zero-order valence-corrected chi connectivity index (χ0v) is 24.4. The second kappa shape index (κ2) is 11.0. The van der Waals surface area contributed by atoms with Gasteiger partial charge in [0.25, 0.3) is 0 Å². The summed E-state index contributed by atoms with van der Waals surface area (Å²) in [7, 11) is -1.40. The van der Waals surface area contributed by atoms with Gasteiger partial charge in [0.05, 0.1) is 13.2 Å². The molecule has 1 aliphatic rings. The van der Waals surface area contributed by atoms with Gasteiger partial charge in [-0.1, -0.05) is 114 Å². The van der Waals surface area contributed by atoms with Crippen molar-refractivity contribution in [2.75, 3.05) is 13.2 Å². The summed E-state index contributed by atoms with van der Waals surface area (Å²) >= 11 is 0. The van der Waals surface area contributed by atoms with E-state index in [2.05, 4.69) is 88.3 Å². The molecule has 33 heavy (non-hydrogen) atoms. The Balaban J connectivity index is 2.39. The van der Waals surface area contributed by atoms with E-state index < -0.39 is 8.60 Å². The van der Waals surface area contributed by atoms with Crippen LogP contribution in [0, 0.1) is 5.41 Å². The molecule has 0 atom stereocenters. The van der Waals surface area contributed by atoms with Crippen LogP contribution in [-0.2, 0) is 25.3 Å². The van der Waals surface area contributed by atoms with Gasteiger partial charge in [-0.3, -0.25) is 0 Å². The van der Waals surface area contributed by atoms with Gasteiger partial charge < -0.3 is 13.6 Å². The van der Waals surface area contributed by atoms with Crippen LogP contribution in [0.5, 0.6) is 5.75 Å². The first-order valence-corrected chi connectivity index (χ1v) is 14.2. The Bertz CT molecular complexity index is 712. The normalized spacial score (nSPS) is 17.9. The van der Waals surface area contributed by atoms with Crippen molar-refractivity contribution in [1.29, 1.82) is 0 Å². The molecule has 0 radical (unpaired) electrons. The summed E-state index contributed by atoms with van der Waals surface area (Å²) in [4.78, 5) is 0. The first-order valence-electron chi connectivity index (χ1n) is 13.1. The Kier molecular flexibility index (Phi) is 9.50. The van der Waals surface area contributed by atoms with Crippen molar-refractivity contribution in [2.24, 2.45) is 5.41 Å². The quantitative estimate of drug-likeness (QED) is 0.348. The predicted octanol–water partition coefficient (Wildman–Crippen LogP) is 9.60. The van der Waals surface area contributed by atoms with Crippen molar-refractivity contribution in [2.45, 2.75) is 131 Å². The van der Waals surface area contributed by atoms with Crippen LogP contribution >= 0.6 is 8.60 Å². The molecule has 0 spiro atoms. The first-order chi connectivity index (χ1) is 15.1. The van der Waals surface area contributed by atoms with E-state index in [1.165, 1.54) is 55.2 Å². The van der Waals surface area contributed by atoms with Gasteiger partial charge in [-0.05, 0) is 34.7 Å². The van der Waals surface area contributed by atoms with E-state index >= 15 is 0 Å². The molecule has 1 aliphatic heterocycles. The number of unbranched alkanes of at least 4 members (excludes halogenated alkanes) is 2. The molecule has 0 saturated carbocycles. The maximum Gasteiger partial charge on any atom is 0.397 e. The SMILES string of the molecule is CCCCC1(CCCC)COP(Oc2c(C(C)(C)C)cc(C(C)(C)C)cc2C(C)(C)C)OC1. The minimum Gasteiger partial charge on any atom is -0.426 e. The molecule has 1 saturated heterocycles. The Hall–Kier alpha value is -0.630. The lowest BCUT2D eigenvalue weighted by molar-refractivity contribution is 0.00323. The van der Waals surface area contributed by atoms with E-state index in [1.807, 2.05) is 0 Å². The third-order valence-corrected chi connectivity index (χ3v) is 7.82. The minimum atomic E-state index is -1.40. The second-order valence-electron chi connectivity index (χ2n) is 13.2. The zero-order chi connectivity index (χ0) is 25.1.